The molecule has 228 valence electrons. The Morgan fingerprint density at radius 3 is 2.34 bits per heavy atom. The molecular weight excluding hydrogens is 601 g/mol. The number of morpholine rings is 1. The zero-order valence-electron chi connectivity index (χ0n) is 24.3. The molecule has 3 aromatic carbocycles. The third-order valence-corrected chi connectivity index (χ3v) is 8.35. The number of ether oxygens (including phenoxy) is 3. The van der Waals surface area contributed by atoms with Crippen molar-refractivity contribution < 1.29 is 33.7 Å². The standard InChI is InChI=1S/C33H32N2O7S2/c1-21-17-34(18-22(2)41-21)32(39)30(25-11-7-4-8-12-25)42-27-15-24(13-14-26(27)40-20-23-9-5-3-6-10-23)16-28-31(38)35(19-29(36)37)33(43)44-28/h3-16,21-22,30H,17-20H2,1-2H3,(H,36,37)/b28-16-/t21-,22+,30?. The summed E-state index contributed by atoms with van der Waals surface area (Å²) >= 11 is 6.28. The minimum absolute atomic E-state index is 0.118. The SMILES string of the molecule is C[C@@H]1CN(C(=O)C(Oc2cc(/C=C3\SC(=S)N(CC(=O)O)C3=O)ccc2OCc2ccccc2)c2ccccc2)C[C@H](C)O1. The summed E-state index contributed by atoms with van der Waals surface area (Å²) in [5, 5.41) is 9.18. The number of nitrogens with zero attached hydrogens (tertiary/aromatic N) is 2. The number of thioether (sulfide) groups is 1. The molecule has 0 aromatic heterocycles. The Labute approximate surface area is 265 Å². The van der Waals surface area contributed by atoms with Crippen molar-refractivity contribution in [3.63, 3.8) is 0 Å². The summed E-state index contributed by atoms with van der Waals surface area (Å²) in [5.41, 5.74) is 2.23. The predicted octanol–water partition coefficient (Wildman–Crippen LogP) is 5.31. The first kappa shape index (κ1) is 31.2. The number of amides is 2. The lowest BCUT2D eigenvalue weighted by Gasteiger charge is -2.37. The number of aliphatic carboxylic acids is 1. The summed E-state index contributed by atoms with van der Waals surface area (Å²) in [6, 6.07) is 24.1. The second kappa shape index (κ2) is 14.1. The molecule has 3 aromatic rings. The zero-order chi connectivity index (χ0) is 31.2. The van der Waals surface area contributed by atoms with Crippen molar-refractivity contribution in [2.45, 2.75) is 38.8 Å². The molecule has 0 spiro atoms. The van der Waals surface area contributed by atoms with Crippen molar-refractivity contribution in [1.29, 1.82) is 0 Å². The molecule has 0 saturated carbocycles. The van der Waals surface area contributed by atoms with E-state index in [4.69, 9.17) is 26.4 Å². The molecule has 2 heterocycles. The van der Waals surface area contributed by atoms with Gasteiger partial charge in [-0.3, -0.25) is 19.3 Å². The van der Waals surface area contributed by atoms with Crippen LogP contribution in [-0.4, -0.2) is 68.9 Å². The van der Waals surface area contributed by atoms with Gasteiger partial charge in [-0.15, -0.1) is 0 Å². The third-order valence-electron chi connectivity index (χ3n) is 6.97. The zero-order valence-corrected chi connectivity index (χ0v) is 25.9. The number of carbonyl (C=O) groups is 3. The lowest BCUT2D eigenvalue weighted by molar-refractivity contribution is -0.150. The first-order valence-electron chi connectivity index (χ1n) is 14.1. The van der Waals surface area contributed by atoms with Crippen molar-refractivity contribution >= 4 is 52.2 Å². The maximum absolute atomic E-state index is 14.0. The van der Waals surface area contributed by atoms with E-state index >= 15 is 0 Å². The molecule has 11 heteroatoms. The van der Waals surface area contributed by atoms with E-state index in [0.717, 1.165) is 22.2 Å². The van der Waals surface area contributed by atoms with E-state index in [2.05, 4.69) is 0 Å². The highest BCUT2D eigenvalue weighted by Gasteiger charge is 2.35. The second-order valence-electron chi connectivity index (χ2n) is 10.6. The Morgan fingerprint density at radius 1 is 1.02 bits per heavy atom. The molecule has 2 amide bonds. The van der Waals surface area contributed by atoms with Gasteiger partial charge in [-0.05, 0) is 43.2 Å². The van der Waals surface area contributed by atoms with Crippen molar-refractivity contribution in [1.82, 2.24) is 9.80 Å². The third kappa shape index (κ3) is 7.65. The van der Waals surface area contributed by atoms with Gasteiger partial charge < -0.3 is 24.2 Å². The van der Waals surface area contributed by atoms with Crippen LogP contribution in [0.15, 0.2) is 83.8 Å². The minimum atomic E-state index is -1.15. The van der Waals surface area contributed by atoms with Crippen molar-refractivity contribution in [3.05, 3.63) is 100 Å². The van der Waals surface area contributed by atoms with Crippen molar-refractivity contribution in [2.75, 3.05) is 19.6 Å². The molecule has 1 unspecified atom stereocenters. The van der Waals surface area contributed by atoms with Crippen LogP contribution < -0.4 is 9.47 Å². The topological polar surface area (TPSA) is 106 Å². The Kier molecular flexibility index (Phi) is 9.99. The highest BCUT2D eigenvalue weighted by molar-refractivity contribution is 8.26. The monoisotopic (exact) mass is 632 g/mol. The van der Waals surface area contributed by atoms with E-state index in [1.165, 1.54) is 0 Å². The summed E-state index contributed by atoms with van der Waals surface area (Å²) in [6.07, 6.45) is 0.413. The molecular formula is C33H32N2O7S2. The first-order valence-corrected chi connectivity index (χ1v) is 15.3. The molecule has 2 fully saturated rings. The van der Waals surface area contributed by atoms with Gasteiger partial charge in [-0.25, -0.2) is 0 Å². The summed E-state index contributed by atoms with van der Waals surface area (Å²) < 4.78 is 18.8. The fourth-order valence-corrected chi connectivity index (χ4v) is 6.28. The number of hydrogen-bond acceptors (Lipinski definition) is 8. The summed E-state index contributed by atoms with van der Waals surface area (Å²) in [7, 11) is 0. The van der Waals surface area contributed by atoms with Gasteiger partial charge in [0.25, 0.3) is 11.8 Å². The molecule has 5 rings (SSSR count). The number of carboxylic acids is 1. The molecule has 3 atom stereocenters. The fraction of sp³-hybridized carbons (Fsp3) is 0.273. The molecule has 2 aliphatic rings. The van der Waals surface area contributed by atoms with E-state index in [9.17, 15) is 19.5 Å². The Morgan fingerprint density at radius 2 is 1.68 bits per heavy atom. The number of carboxylic acid groups (broad SMARTS) is 1. The van der Waals surface area contributed by atoms with Gasteiger partial charge >= 0.3 is 5.97 Å². The molecule has 0 radical (unpaired) electrons. The Bertz CT molecular complexity index is 1550. The fourth-order valence-electron chi connectivity index (χ4n) is 5.02. The van der Waals surface area contributed by atoms with Crippen LogP contribution in [0.2, 0.25) is 0 Å². The largest absolute Gasteiger partial charge is 0.485 e. The smallest absolute Gasteiger partial charge is 0.323 e. The van der Waals surface area contributed by atoms with Crippen molar-refractivity contribution in [2.24, 2.45) is 0 Å². The lowest BCUT2D eigenvalue weighted by Crippen LogP contribution is -2.50. The van der Waals surface area contributed by atoms with Crippen LogP contribution in [0.25, 0.3) is 6.08 Å². The Balaban J connectivity index is 1.49. The molecule has 0 bridgehead atoms. The van der Waals surface area contributed by atoms with Crippen LogP contribution in [-0.2, 0) is 25.7 Å². The van der Waals surface area contributed by atoms with Gasteiger partial charge in [0.15, 0.2) is 11.5 Å². The predicted molar refractivity (Wildman–Crippen MR) is 171 cm³/mol. The van der Waals surface area contributed by atoms with Gasteiger partial charge in [-0.2, -0.15) is 0 Å². The maximum atomic E-state index is 14.0. The average Bonchev–Trinajstić information content (AvgIpc) is 3.26. The van der Waals surface area contributed by atoms with Gasteiger partial charge in [0.1, 0.15) is 17.5 Å². The van der Waals surface area contributed by atoms with Crippen LogP contribution >= 0.6 is 24.0 Å². The molecule has 9 nitrogen and oxygen atoms in total. The van der Waals surface area contributed by atoms with E-state index < -0.39 is 24.5 Å². The van der Waals surface area contributed by atoms with E-state index in [0.29, 0.717) is 35.7 Å². The minimum Gasteiger partial charge on any atom is -0.485 e. The highest BCUT2D eigenvalue weighted by Crippen LogP contribution is 2.37. The number of carbonyl (C=O) groups excluding carboxylic acids is 2. The van der Waals surface area contributed by atoms with E-state index in [1.807, 2.05) is 74.5 Å². The van der Waals surface area contributed by atoms with Crippen molar-refractivity contribution in [3.8, 4) is 11.5 Å². The molecule has 1 N–H and O–H groups in total. The average molecular weight is 633 g/mol. The molecule has 44 heavy (non-hydrogen) atoms. The van der Waals surface area contributed by atoms with Crippen LogP contribution in [0.3, 0.4) is 0 Å². The van der Waals surface area contributed by atoms with Gasteiger partial charge in [0, 0.05) is 18.7 Å². The quantitative estimate of drug-likeness (QED) is 0.235. The number of benzene rings is 3. The molecule has 0 aliphatic carbocycles. The van der Waals surface area contributed by atoms with Gasteiger partial charge in [0.05, 0.1) is 17.1 Å². The van der Waals surface area contributed by atoms with Gasteiger partial charge in [-0.1, -0.05) is 90.7 Å². The highest BCUT2D eigenvalue weighted by atomic mass is 32.2. The van der Waals surface area contributed by atoms with Crippen LogP contribution in [0, 0.1) is 0 Å². The molecule has 2 aliphatic heterocycles. The lowest BCUT2D eigenvalue weighted by atomic mass is 10.1. The maximum Gasteiger partial charge on any atom is 0.323 e. The summed E-state index contributed by atoms with van der Waals surface area (Å²) in [5.74, 6) is -1.11. The number of rotatable bonds is 10. The van der Waals surface area contributed by atoms with Crippen LogP contribution in [0.1, 0.15) is 36.6 Å². The number of thiocarbonyl (C=S) groups is 1. The number of hydrogen-bond donors (Lipinski definition) is 1. The van der Waals surface area contributed by atoms with E-state index in [-0.39, 0.29) is 33.9 Å². The normalized spacial score (nSPS) is 20.1. The van der Waals surface area contributed by atoms with Crippen LogP contribution in [0.5, 0.6) is 11.5 Å². The van der Waals surface area contributed by atoms with Crippen LogP contribution in [0.4, 0.5) is 0 Å². The summed E-state index contributed by atoms with van der Waals surface area (Å²) in [4.78, 5) is 41.3. The van der Waals surface area contributed by atoms with Gasteiger partial charge in [0.2, 0.25) is 6.10 Å². The Hall–Kier alpha value is -4.19. The van der Waals surface area contributed by atoms with E-state index in [1.54, 1.807) is 29.2 Å². The second-order valence-corrected chi connectivity index (χ2v) is 12.2. The molecule has 2 saturated heterocycles. The summed E-state index contributed by atoms with van der Waals surface area (Å²) in [6.45, 7) is 4.50. The first-order chi connectivity index (χ1) is 21.2.